The molecule has 0 atom stereocenters. The molecule has 7 nitrogen and oxygen atoms in total. The summed E-state index contributed by atoms with van der Waals surface area (Å²) in [6, 6.07) is 19.4. The predicted molar refractivity (Wildman–Crippen MR) is 133 cm³/mol. The summed E-state index contributed by atoms with van der Waals surface area (Å²) in [5, 5.41) is 2.89. The van der Waals surface area contributed by atoms with Crippen LogP contribution in [-0.2, 0) is 16.6 Å². The zero-order chi connectivity index (χ0) is 24.3. The molecule has 4 rings (SSSR count). The Kier molecular flexibility index (Phi) is 6.51. The molecule has 0 aliphatic rings. The summed E-state index contributed by atoms with van der Waals surface area (Å²) < 4.78 is 30.1. The van der Waals surface area contributed by atoms with Gasteiger partial charge in [0.05, 0.1) is 10.6 Å². The Morgan fingerprint density at radius 1 is 0.941 bits per heavy atom. The monoisotopic (exact) mass is 474 g/mol. The molecule has 0 radical (unpaired) electrons. The van der Waals surface area contributed by atoms with Crippen LogP contribution in [0.25, 0.3) is 5.69 Å². The van der Waals surface area contributed by atoms with Crippen molar-refractivity contribution < 1.29 is 13.2 Å². The topological polar surface area (TPSA) is 93.1 Å². The minimum atomic E-state index is -3.76. The van der Waals surface area contributed by atoms with E-state index in [9.17, 15) is 13.2 Å². The Hall–Kier alpha value is -3.91. The lowest BCUT2D eigenvalue weighted by Gasteiger charge is -2.13. The maximum absolute atomic E-state index is 12.8. The predicted octanol–water partition coefficient (Wildman–Crippen LogP) is 4.53. The fourth-order valence-electron chi connectivity index (χ4n) is 3.50. The Labute approximate surface area is 199 Å². The third-order valence-corrected chi connectivity index (χ3v) is 6.95. The highest BCUT2D eigenvalue weighted by molar-refractivity contribution is 7.92. The molecule has 0 bridgehead atoms. The second-order valence-corrected chi connectivity index (χ2v) is 9.82. The molecule has 0 fully saturated rings. The van der Waals surface area contributed by atoms with Crippen LogP contribution in [0.2, 0.25) is 0 Å². The van der Waals surface area contributed by atoms with Gasteiger partial charge in [-0.3, -0.25) is 9.52 Å². The Balaban J connectivity index is 1.44. The van der Waals surface area contributed by atoms with E-state index in [2.05, 4.69) is 15.0 Å². The van der Waals surface area contributed by atoms with Crippen LogP contribution in [0, 0.1) is 20.8 Å². The van der Waals surface area contributed by atoms with E-state index < -0.39 is 10.0 Å². The van der Waals surface area contributed by atoms with Crippen LogP contribution in [0.1, 0.15) is 32.9 Å². The highest BCUT2D eigenvalue weighted by Crippen LogP contribution is 2.22. The third kappa shape index (κ3) is 5.18. The van der Waals surface area contributed by atoms with Crippen LogP contribution in [0.5, 0.6) is 0 Å². The summed E-state index contributed by atoms with van der Waals surface area (Å²) in [4.78, 5) is 17.1. The number of nitrogens with one attached hydrogen (secondary N) is 2. The molecule has 0 spiro atoms. The quantitative estimate of drug-likeness (QED) is 0.412. The molecule has 34 heavy (non-hydrogen) atoms. The molecule has 4 aromatic rings. The van der Waals surface area contributed by atoms with Crippen molar-refractivity contribution in [2.45, 2.75) is 32.2 Å². The van der Waals surface area contributed by atoms with Crippen molar-refractivity contribution in [3.63, 3.8) is 0 Å². The second kappa shape index (κ2) is 9.52. The van der Waals surface area contributed by atoms with Crippen molar-refractivity contribution in [2.24, 2.45) is 0 Å². The number of aromatic nitrogens is 2. The van der Waals surface area contributed by atoms with Crippen LogP contribution in [0.4, 0.5) is 5.69 Å². The summed E-state index contributed by atoms with van der Waals surface area (Å²) in [5.74, 6) is 0.611. The van der Waals surface area contributed by atoms with E-state index in [1.165, 1.54) is 0 Å². The Morgan fingerprint density at radius 3 is 2.29 bits per heavy atom. The van der Waals surface area contributed by atoms with Gasteiger partial charge in [-0.05, 0) is 68.3 Å². The van der Waals surface area contributed by atoms with Gasteiger partial charge in [-0.1, -0.05) is 35.9 Å². The second-order valence-electron chi connectivity index (χ2n) is 8.14. The summed E-state index contributed by atoms with van der Waals surface area (Å²) in [5.41, 5.74) is 4.38. The van der Waals surface area contributed by atoms with Gasteiger partial charge in [-0.2, -0.15) is 0 Å². The zero-order valence-electron chi connectivity index (χ0n) is 19.2. The molecule has 0 saturated carbocycles. The summed E-state index contributed by atoms with van der Waals surface area (Å²) in [6.07, 6.45) is 3.65. The molecule has 0 saturated heterocycles. The molecule has 3 aromatic carbocycles. The van der Waals surface area contributed by atoms with E-state index >= 15 is 0 Å². The normalized spacial score (nSPS) is 11.3. The van der Waals surface area contributed by atoms with E-state index in [0.717, 1.165) is 28.2 Å². The van der Waals surface area contributed by atoms with Gasteiger partial charge in [-0.15, -0.1) is 0 Å². The van der Waals surface area contributed by atoms with Crippen LogP contribution < -0.4 is 10.0 Å². The average molecular weight is 475 g/mol. The number of hydrogen-bond acceptors (Lipinski definition) is 4. The number of benzene rings is 3. The van der Waals surface area contributed by atoms with Crippen molar-refractivity contribution in [3.8, 4) is 5.69 Å². The first-order chi connectivity index (χ1) is 16.2. The summed E-state index contributed by atoms with van der Waals surface area (Å²) in [7, 11) is -3.76. The van der Waals surface area contributed by atoms with Gasteiger partial charge in [0.15, 0.2) is 0 Å². The molecule has 8 heteroatoms. The number of sulfonamides is 1. The minimum absolute atomic E-state index is 0.168. The average Bonchev–Trinajstić information content (AvgIpc) is 3.25. The van der Waals surface area contributed by atoms with Crippen LogP contribution in [0.15, 0.2) is 84.0 Å². The van der Waals surface area contributed by atoms with Gasteiger partial charge < -0.3 is 9.88 Å². The lowest BCUT2D eigenvalue weighted by molar-refractivity contribution is 0.0951. The first kappa shape index (κ1) is 23.3. The molecule has 1 aromatic heterocycles. The number of carbonyl (C=O) groups is 1. The first-order valence-electron chi connectivity index (χ1n) is 10.8. The minimum Gasteiger partial charge on any atom is -0.348 e. The van der Waals surface area contributed by atoms with Crippen molar-refractivity contribution in [1.29, 1.82) is 0 Å². The Bertz CT molecular complexity index is 1420. The lowest BCUT2D eigenvalue weighted by atomic mass is 10.1. The standard InChI is InChI=1S/C26H26N4O3S/c1-18-4-12-24(13-5-18)34(32,33)29-25-16-22(9-6-19(25)2)26(31)28-17-21-7-10-23(11-8-21)30-15-14-27-20(30)3/h4-16,29H,17H2,1-3H3,(H,28,31). The number of anilines is 1. The number of imidazole rings is 1. The highest BCUT2D eigenvalue weighted by atomic mass is 32.2. The number of nitrogens with zero attached hydrogens (tertiary/aromatic N) is 2. The van der Waals surface area contributed by atoms with Crippen LogP contribution in [-0.4, -0.2) is 23.9 Å². The number of rotatable bonds is 7. The van der Waals surface area contributed by atoms with Gasteiger partial charge >= 0.3 is 0 Å². The highest BCUT2D eigenvalue weighted by Gasteiger charge is 2.16. The number of amides is 1. The molecule has 1 heterocycles. The largest absolute Gasteiger partial charge is 0.348 e. The SMILES string of the molecule is Cc1ccc(S(=O)(=O)Nc2cc(C(=O)NCc3ccc(-n4ccnc4C)cc3)ccc2C)cc1. The van der Waals surface area contributed by atoms with Crippen molar-refractivity contribution in [2.75, 3.05) is 4.72 Å². The fourth-order valence-corrected chi connectivity index (χ4v) is 4.63. The summed E-state index contributed by atoms with van der Waals surface area (Å²) in [6.45, 7) is 5.97. The van der Waals surface area contributed by atoms with Crippen molar-refractivity contribution >= 4 is 21.6 Å². The van der Waals surface area contributed by atoms with Gasteiger partial charge in [0.2, 0.25) is 0 Å². The molecule has 0 unspecified atom stereocenters. The molecular formula is C26H26N4O3S. The first-order valence-corrected chi connectivity index (χ1v) is 12.3. The fraction of sp³-hybridized carbons (Fsp3) is 0.154. The molecule has 0 aliphatic carbocycles. The maximum Gasteiger partial charge on any atom is 0.261 e. The summed E-state index contributed by atoms with van der Waals surface area (Å²) >= 11 is 0. The number of hydrogen-bond donors (Lipinski definition) is 2. The number of carbonyl (C=O) groups excluding carboxylic acids is 1. The van der Waals surface area contributed by atoms with Crippen molar-refractivity contribution in [1.82, 2.24) is 14.9 Å². The van der Waals surface area contributed by atoms with Crippen LogP contribution in [0.3, 0.4) is 0 Å². The van der Waals surface area contributed by atoms with E-state index in [4.69, 9.17) is 0 Å². The molecule has 1 amide bonds. The number of aryl methyl sites for hydroxylation is 3. The van der Waals surface area contributed by atoms with Crippen molar-refractivity contribution in [3.05, 3.63) is 107 Å². The van der Waals surface area contributed by atoms with E-state index in [1.807, 2.05) is 48.9 Å². The van der Waals surface area contributed by atoms with Gasteiger partial charge in [0, 0.05) is 30.2 Å². The van der Waals surface area contributed by atoms with E-state index in [-0.39, 0.29) is 10.8 Å². The third-order valence-electron chi connectivity index (χ3n) is 5.57. The van der Waals surface area contributed by atoms with Gasteiger partial charge in [0.25, 0.3) is 15.9 Å². The lowest BCUT2D eigenvalue weighted by Crippen LogP contribution is -2.23. The van der Waals surface area contributed by atoms with Crippen LogP contribution >= 0.6 is 0 Å². The molecular weight excluding hydrogens is 448 g/mol. The Morgan fingerprint density at radius 2 is 1.65 bits per heavy atom. The smallest absolute Gasteiger partial charge is 0.261 e. The van der Waals surface area contributed by atoms with E-state index in [0.29, 0.717) is 17.8 Å². The zero-order valence-corrected chi connectivity index (χ0v) is 20.1. The molecule has 174 valence electrons. The van der Waals surface area contributed by atoms with Gasteiger partial charge in [-0.25, -0.2) is 13.4 Å². The van der Waals surface area contributed by atoms with Gasteiger partial charge in [0.1, 0.15) is 5.82 Å². The molecule has 2 N–H and O–H groups in total. The van der Waals surface area contributed by atoms with E-state index in [1.54, 1.807) is 55.6 Å². The molecule has 0 aliphatic heterocycles. The maximum atomic E-state index is 12.8.